The largest absolute Gasteiger partial charge is 0.707 e. The maximum Gasteiger partial charge on any atom is 0.707 e. The molecule has 12 rings (SSSR count). The molecule has 0 radical (unpaired) electrons. The summed E-state index contributed by atoms with van der Waals surface area (Å²) < 4.78 is 5.16. The van der Waals surface area contributed by atoms with Crippen LogP contribution in [0.4, 0.5) is 0 Å². The van der Waals surface area contributed by atoms with Gasteiger partial charge in [-0.1, -0.05) is 194 Å². The number of benzene rings is 12. The van der Waals surface area contributed by atoms with Crippen LogP contribution in [0.25, 0.3) is 75.4 Å². The van der Waals surface area contributed by atoms with Gasteiger partial charge in [-0.2, -0.15) is 0 Å². The first kappa shape index (κ1) is 38.6. The van der Waals surface area contributed by atoms with Gasteiger partial charge in [0, 0.05) is 26.9 Å². The first-order chi connectivity index (χ1) is 31.1. The molecule has 2 N–H and O–H groups in total. The van der Waals surface area contributed by atoms with Gasteiger partial charge in [0.05, 0.1) is 0 Å². The van der Waals surface area contributed by atoms with Crippen LogP contribution in [-0.2, 0) is 0 Å². The molecule has 0 aliphatic rings. The van der Waals surface area contributed by atoms with Gasteiger partial charge in [0.15, 0.2) is 0 Å². The maximum atomic E-state index is 9.14. The van der Waals surface area contributed by atoms with Gasteiger partial charge in [-0.25, -0.2) is 0 Å². The second kappa shape index (κ2) is 16.2. The zero-order chi connectivity index (χ0) is 42.3. The second-order valence-corrected chi connectivity index (χ2v) is 19.2. The average molecular weight is 828 g/mol. The Morgan fingerprint density at radius 1 is 0.286 bits per heavy atom. The third kappa shape index (κ3) is 6.68. The molecule has 0 atom stereocenters. The minimum Gasteiger partial charge on any atom is -0.511 e. The molecule has 5 heteroatoms. The van der Waals surface area contributed by atoms with Crippen LogP contribution < -0.4 is 25.9 Å². The number of hydrogen-bond acceptors (Lipinski definition) is 3. The number of fused-ring (bicyclic) bond motifs is 8. The third-order valence-corrected chi connectivity index (χ3v) is 16.9. The normalized spacial score (nSPS) is 11.7. The molecule has 0 amide bonds. The zero-order valence-corrected chi connectivity index (χ0v) is 35.2. The predicted molar refractivity (Wildman–Crippen MR) is 271 cm³/mol. The van der Waals surface area contributed by atoms with E-state index in [2.05, 4.69) is 200 Å². The lowest BCUT2D eigenvalue weighted by Crippen LogP contribution is -2.40. The molecule has 3 nitrogen and oxygen atoms in total. The molecular formula is C58H41BO3P+. The van der Waals surface area contributed by atoms with Crippen molar-refractivity contribution in [1.82, 2.24) is 0 Å². The molecule has 0 aromatic heterocycles. The molecule has 12 aromatic carbocycles. The van der Waals surface area contributed by atoms with Crippen molar-refractivity contribution in [2.45, 2.75) is 0 Å². The first-order valence-electron chi connectivity index (χ1n) is 21.3. The van der Waals surface area contributed by atoms with Crippen LogP contribution in [0.1, 0.15) is 0 Å². The van der Waals surface area contributed by atoms with Crippen LogP contribution in [0.15, 0.2) is 237 Å². The van der Waals surface area contributed by atoms with E-state index in [1.807, 2.05) is 30.3 Å². The maximum absolute atomic E-state index is 9.14. The van der Waals surface area contributed by atoms with Crippen LogP contribution in [0, 0.1) is 0 Å². The lowest BCUT2D eigenvalue weighted by Gasteiger charge is -2.31. The molecule has 0 saturated heterocycles. The van der Waals surface area contributed by atoms with E-state index in [4.69, 9.17) is 14.7 Å². The fraction of sp³-hybridized carbons (Fsp3) is 0. The standard InChI is InChI=1S/C40H28P.C18H13BO3/c1-5-21-33-29(13-1)17-9-25-37(33)41(38-26-10-18-30-14-2-6-22-34(30)38,39-27-11-19-31-15-3-7-23-35(31)39)40-28-12-20-32-16-4-8-24-36(32)40;20-19(21)22-17-7-3-6-12-8-9-15-10-13-4-1-2-5-14(13)11-16(15)18(12)17/h1-28H;1-11,20-21H/q+1;. The van der Waals surface area contributed by atoms with Gasteiger partial charge < -0.3 is 14.7 Å². The quantitative estimate of drug-likeness (QED) is 0.0760. The smallest absolute Gasteiger partial charge is 0.511 e. The van der Waals surface area contributed by atoms with Gasteiger partial charge >= 0.3 is 7.32 Å². The molecule has 0 fully saturated rings. The Kier molecular flexibility index (Phi) is 9.91. The highest BCUT2D eigenvalue weighted by molar-refractivity contribution is 8.02. The van der Waals surface area contributed by atoms with E-state index in [1.54, 1.807) is 6.07 Å². The van der Waals surface area contributed by atoms with Crippen molar-refractivity contribution in [3.05, 3.63) is 237 Å². The van der Waals surface area contributed by atoms with Gasteiger partial charge in [-0.05, 0) is 90.9 Å². The van der Waals surface area contributed by atoms with Crippen LogP contribution in [0.3, 0.4) is 0 Å². The van der Waals surface area contributed by atoms with Crippen molar-refractivity contribution >= 4 is 111 Å². The van der Waals surface area contributed by atoms with E-state index in [0.29, 0.717) is 5.75 Å². The fourth-order valence-electron chi connectivity index (χ4n) is 9.76. The Bertz CT molecular complexity index is 3330. The number of hydrogen-bond donors (Lipinski definition) is 2. The van der Waals surface area contributed by atoms with Crippen molar-refractivity contribution in [2.75, 3.05) is 0 Å². The Labute approximate surface area is 366 Å². The molecule has 0 bridgehead atoms. The van der Waals surface area contributed by atoms with E-state index < -0.39 is 14.6 Å². The summed E-state index contributed by atoms with van der Waals surface area (Å²) in [6.07, 6.45) is 0. The van der Waals surface area contributed by atoms with Crippen LogP contribution in [0.5, 0.6) is 5.75 Å². The van der Waals surface area contributed by atoms with Gasteiger partial charge in [0.1, 0.15) is 34.2 Å². The zero-order valence-electron chi connectivity index (χ0n) is 34.3. The summed E-state index contributed by atoms with van der Waals surface area (Å²) in [6, 6.07) is 85.4. The lowest BCUT2D eigenvalue weighted by atomic mass is 9.97. The van der Waals surface area contributed by atoms with Gasteiger partial charge in [0.2, 0.25) is 0 Å². The van der Waals surface area contributed by atoms with Crippen molar-refractivity contribution in [2.24, 2.45) is 0 Å². The van der Waals surface area contributed by atoms with E-state index in [-0.39, 0.29) is 0 Å². The van der Waals surface area contributed by atoms with E-state index in [9.17, 15) is 0 Å². The minimum absolute atomic E-state index is 0.466. The molecule has 0 aliphatic heterocycles. The molecule has 0 heterocycles. The minimum atomic E-state index is -2.49. The highest BCUT2D eigenvalue weighted by atomic mass is 31.2. The van der Waals surface area contributed by atoms with E-state index >= 15 is 0 Å². The highest BCUT2D eigenvalue weighted by Gasteiger charge is 2.51. The molecule has 12 aromatic rings. The fourth-order valence-corrected chi connectivity index (χ4v) is 14.8. The summed E-state index contributed by atoms with van der Waals surface area (Å²) in [5, 5.41) is 40.6. The van der Waals surface area contributed by atoms with Gasteiger partial charge in [0.25, 0.3) is 0 Å². The molecule has 0 aliphatic carbocycles. The molecule has 298 valence electrons. The average Bonchev–Trinajstić information content (AvgIpc) is 3.34. The monoisotopic (exact) mass is 827 g/mol. The Hall–Kier alpha value is -7.33. The van der Waals surface area contributed by atoms with Crippen LogP contribution in [-0.4, -0.2) is 17.4 Å². The first-order valence-corrected chi connectivity index (χ1v) is 23.1. The molecule has 0 spiro atoms. The van der Waals surface area contributed by atoms with Crippen molar-refractivity contribution in [3.8, 4) is 5.75 Å². The summed E-state index contributed by atoms with van der Waals surface area (Å²) in [5.41, 5.74) is 0. The molecule has 63 heavy (non-hydrogen) atoms. The van der Waals surface area contributed by atoms with Crippen LogP contribution >= 0.6 is 7.26 Å². The summed E-state index contributed by atoms with van der Waals surface area (Å²) in [6.45, 7) is 0. The topological polar surface area (TPSA) is 49.7 Å². The van der Waals surface area contributed by atoms with E-state index in [0.717, 1.165) is 26.9 Å². The van der Waals surface area contributed by atoms with Gasteiger partial charge in [-0.15, -0.1) is 0 Å². The summed E-state index contributed by atoms with van der Waals surface area (Å²) >= 11 is 0. The SMILES string of the molecule is OB(O)Oc1cccc2ccc3cc4ccccc4cc3c12.c1ccc2c([P+](c3cccc4ccccc34)(c3cccc4ccccc34)c3cccc4ccccc34)cccc2c1. The summed E-state index contributed by atoms with van der Waals surface area (Å²) in [5.74, 6) is 0.466. The summed E-state index contributed by atoms with van der Waals surface area (Å²) in [4.78, 5) is 0. The van der Waals surface area contributed by atoms with Crippen molar-refractivity contribution < 1.29 is 14.7 Å². The third-order valence-electron chi connectivity index (χ3n) is 12.4. The lowest BCUT2D eigenvalue weighted by molar-refractivity contribution is 0.289. The van der Waals surface area contributed by atoms with E-state index in [1.165, 1.54) is 69.7 Å². The molecule has 0 saturated carbocycles. The van der Waals surface area contributed by atoms with Crippen molar-refractivity contribution in [1.29, 1.82) is 0 Å². The van der Waals surface area contributed by atoms with Gasteiger partial charge in [-0.3, -0.25) is 0 Å². The highest BCUT2D eigenvalue weighted by Crippen LogP contribution is 2.59. The van der Waals surface area contributed by atoms with Crippen molar-refractivity contribution in [3.63, 3.8) is 0 Å². The molecular weight excluding hydrogens is 786 g/mol. The summed E-state index contributed by atoms with van der Waals surface area (Å²) in [7, 11) is -4.32. The Balaban J connectivity index is 0.000000170. The number of rotatable bonds is 6. The Morgan fingerprint density at radius 2 is 0.619 bits per heavy atom. The van der Waals surface area contributed by atoms with Crippen LogP contribution in [0.2, 0.25) is 0 Å². The second-order valence-electron chi connectivity index (χ2n) is 15.9. The Morgan fingerprint density at radius 3 is 1.05 bits per heavy atom. The predicted octanol–water partition coefficient (Wildman–Crippen LogP) is 12.4. The molecule has 0 unspecified atom stereocenters.